The van der Waals surface area contributed by atoms with Crippen LogP contribution < -0.4 is 14.8 Å². The Balaban J connectivity index is 1.58. The summed E-state index contributed by atoms with van der Waals surface area (Å²) in [4.78, 5) is 27.2. The number of carbonyl (C=O) groups excluding carboxylic acids is 2. The predicted octanol–water partition coefficient (Wildman–Crippen LogP) is 3.66. The molecule has 7 heteroatoms. The molecule has 28 heavy (non-hydrogen) atoms. The number of fused-ring (bicyclic) bond motifs is 1. The molecule has 0 aromatic heterocycles. The fourth-order valence-electron chi connectivity index (χ4n) is 3.70. The van der Waals surface area contributed by atoms with Crippen LogP contribution in [0.15, 0.2) is 12.1 Å². The quantitative estimate of drug-likeness (QED) is 0.699. The standard InChI is InChI=1S/C21H29ClN2O4/c1-2-3-4-5-8-23-20(25)15-7-6-9-24(14-15)21(26)16-12-17(22)19-18(13-16)27-10-11-28-19/h12-13,15H,2-11,14H2,1H3,(H,23,25). The van der Waals surface area contributed by atoms with Crippen LogP contribution in [0.4, 0.5) is 0 Å². The van der Waals surface area contributed by atoms with E-state index in [-0.39, 0.29) is 17.7 Å². The van der Waals surface area contributed by atoms with Crippen molar-refractivity contribution < 1.29 is 19.1 Å². The van der Waals surface area contributed by atoms with E-state index in [2.05, 4.69) is 12.2 Å². The monoisotopic (exact) mass is 408 g/mol. The number of hydrogen-bond acceptors (Lipinski definition) is 4. The van der Waals surface area contributed by atoms with Gasteiger partial charge in [-0.05, 0) is 31.4 Å². The minimum Gasteiger partial charge on any atom is -0.486 e. The van der Waals surface area contributed by atoms with Gasteiger partial charge in [-0.3, -0.25) is 9.59 Å². The van der Waals surface area contributed by atoms with Gasteiger partial charge in [-0.15, -0.1) is 0 Å². The van der Waals surface area contributed by atoms with Gasteiger partial charge >= 0.3 is 0 Å². The zero-order valence-electron chi connectivity index (χ0n) is 16.5. The van der Waals surface area contributed by atoms with Crippen molar-refractivity contribution in [2.75, 3.05) is 32.8 Å². The number of hydrogen-bond donors (Lipinski definition) is 1. The molecule has 6 nitrogen and oxygen atoms in total. The highest BCUT2D eigenvalue weighted by molar-refractivity contribution is 6.32. The van der Waals surface area contributed by atoms with Gasteiger partial charge in [0.1, 0.15) is 13.2 Å². The first-order valence-corrected chi connectivity index (χ1v) is 10.6. The maximum Gasteiger partial charge on any atom is 0.254 e. The fraction of sp³-hybridized carbons (Fsp3) is 0.619. The topological polar surface area (TPSA) is 67.9 Å². The van der Waals surface area contributed by atoms with Crippen molar-refractivity contribution in [3.05, 3.63) is 22.7 Å². The highest BCUT2D eigenvalue weighted by Gasteiger charge is 2.30. The fourth-order valence-corrected chi connectivity index (χ4v) is 3.97. The number of ether oxygens (including phenoxy) is 2. The van der Waals surface area contributed by atoms with Gasteiger partial charge in [0.05, 0.1) is 10.9 Å². The van der Waals surface area contributed by atoms with Crippen molar-refractivity contribution in [1.29, 1.82) is 0 Å². The van der Waals surface area contributed by atoms with E-state index in [1.165, 1.54) is 12.8 Å². The molecule has 3 rings (SSSR count). The third-order valence-electron chi connectivity index (χ3n) is 5.25. The van der Waals surface area contributed by atoms with Crippen molar-refractivity contribution in [2.45, 2.75) is 45.4 Å². The zero-order valence-corrected chi connectivity index (χ0v) is 17.2. The largest absolute Gasteiger partial charge is 0.486 e. The van der Waals surface area contributed by atoms with Crippen LogP contribution in [0.5, 0.6) is 11.5 Å². The molecular formula is C21H29ClN2O4. The molecule has 0 saturated carbocycles. The molecule has 1 fully saturated rings. The van der Waals surface area contributed by atoms with Crippen LogP contribution in [0.3, 0.4) is 0 Å². The lowest BCUT2D eigenvalue weighted by Crippen LogP contribution is -2.45. The molecule has 0 aliphatic carbocycles. The third-order valence-corrected chi connectivity index (χ3v) is 5.53. The van der Waals surface area contributed by atoms with Crippen molar-refractivity contribution in [1.82, 2.24) is 10.2 Å². The number of nitrogens with zero attached hydrogens (tertiary/aromatic N) is 1. The lowest BCUT2D eigenvalue weighted by atomic mass is 9.96. The van der Waals surface area contributed by atoms with E-state index in [1.807, 2.05) is 0 Å². The summed E-state index contributed by atoms with van der Waals surface area (Å²) in [7, 11) is 0. The number of rotatable bonds is 7. The van der Waals surface area contributed by atoms with E-state index in [1.54, 1.807) is 17.0 Å². The molecule has 1 unspecified atom stereocenters. The summed E-state index contributed by atoms with van der Waals surface area (Å²) in [6, 6.07) is 3.30. The van der Waals surface area contributed by atoms with Gasteiger partial charge < -0.3 is 19.7 Å². The Morgan fingerprint density at radius 2 is 2.04 bits per heavy atom. The van der Waals surface area contributed by atoms with Crippen LogP contribution in [0.2, 0.25) is 5.02 Å². The number of benzene rings is 1. The second-order valence-electron chi connectivity index (χ2n) is 7.42. The van der Waals surface area contributed by atoms with Gasteiger partial charge in [-0.2, -0.15) is 0 Å². The van der Waals surface area contributed by atoms with Crippen LogP contribution in [-0.4, -0.2) is 49.6 Å². The number of piperidine rings is 1. The first-order valence-electron chi connectivity index (χ1n) is 10.3. The summed E-state index contributed by atoms with van der Waals surface area (Å²) in [6.45, 7) is 4.84. The smallest absolute Gasteiger partial charge is 0.254 e. The second kappa shape index (κ2) is 10.0. The third kappa shape index (κ3) is 5.10. The number of unbranched alkanes of at least 4 members (excludes halogenated alkanes) is 3. The SMILES string of the molecule is CCCCCCNC(=O)C1CCCN(C(=O)c2cc(Cl)c3c(c2)OCCO3)C1. The number of amides is 2. The lowest BCUT2D eigenvalue weighted by molar-refractivity contribution is -0.126. The molecule has 1 N–H and O–H groups in total. The molecular weight excluding hydrogens is 380 g/mol. The molecule has 1 aromatic carbocycles. The molecule has 1 saturated heterocycles. The molecule has 1 aromatic rings. The van der Waals surface area contributed by atoms with Gasteiger partial charge in [0.2, 0.25) is 5.91 Å². The Hall–Kier alpha value is -1.95. The van der Waals surface area contributed by atoms with Crippen LogP contribution >= 0.6 is 11.6 Å². The average Bonchev–Trinajstić information content (AvgIpc) is 2.73. The van der Waals surface area contributed by atoms with Gasteiger partial charge in [-0.25, -0.2) is 0 Å². The summed E-state index contributed by atoms with van der Waals surface area (Å²) < 4.78 is 11.1. The van der Waals surface area contributed by atoms with Crippen molar-refractivity contribution >= 4 is 23.4 Å². The minimum absolute atomic E-state index is 0.0502. The molecule has 2 heterocycles. The normalized spacial score (nSPS) is 18.6. The summed E-state index contributed by atoms with van der Waals surface area (Å²) >= 11 is 6.26. The molecule has 0 bridgehead atoms. The van der Waals surface area contributed by atoms with Gasteiger partial charge in [0.25, 0.3) is 5.91 Å². The summed E-state index contributed by atoms with van der Waals surface area (Å²) in [5.74, 6) is 0.758. The molecule has 2 aliphatic heterocycles. The lowest BCUT2D eigenvalue weighted by Gasteiger charge is -2.32. The molecule has 0 radical (unpaired) electrons. The summed E-state index contributed by atoms with van der Waals surface area (Å²) in [5, 5.41) is 3.40. The van der Waals surface area contributed by atoms with Crippen LogP contribution in [0.1, 0.15) is 55.8 Å². The maximum absolute atomic E-state index is 13.0. The first kappa shape index (κ1) is 20.8. The predicted molar refractivity (Wildman–Crippen MR) is 108 cm³/mol. The van der Waals surface area contributed by atoms with E-state index in [0.29, 0.717) is 54.9 Å². The Bertz CT molecular complexity index is 710. The van der Waals surface area contributed by atoms with Crippen molar-refractivity contribution in [3.8, 4) is 11.5 Å². The number of halogens is 1. The minimum atomic E-state index is -0.156. The van der Waals surface area contributed by atoms with E-state index in [0.717, 1.165) is 25.7 Å². The Morgan fingerprint density at radius 3 is 2.86 bits per heavy atom. The second-order valence-corrected chi connectivity index (χ2v) is 7.83. The molecule has 2 amide bonds. The molecule has 0 spiro atoms. The van der Waals surface area contributed by atoms with Crippen molar-refractivity contribution in [2.24, 2.45) is 5.92 Å². The Labute approximate surface area is 171 Å². The maximum atomic E-state index is 13.0. The van der Waals surface area contributed by atoms with Crippen LogP contribution in [0.25, 0.3) is 0 Å². The van der Waals surface area contributed by atoms with E-state index >= 15 is 0 Å². The van der Waals surface area contributed by atoms with Gasteiger partial charge in [0.15, 0.2) is 11.5 Å². The number of carbonyl (C=O) groups is 2. The highest BCUT2D eigenvalue weighted by Crippen LogP contribution is 2.38. The van der Waals surface area contributed by atoms with E-state index in [4.69, 9.17) is 21.1 Å². The molecule has 1 atom stereocenters. The Kier molecular flexibility index (Phi) is 7.43. The van der Waals surface area contributed by atoms with E-state index < -0.39 is 0 Å². The van der Waals surface area contributed by atoms with Crippen LogP contribution in [-0.2, 0) is 4.79 Å². The average molecular weight is 409 g/mol. The van der Waals surface area contributed by atoms with Gasteiger partial charge in [0, 0.05) is 25.2 Å². The highest BCUT2D eigenvalue weighted by atomic mass is 35.5. The Morgan fingerprint density at radius 1 is 1.21 bits per heavy atom. The van der Waals surface area contributed by atoms with Crippen molar-refractivity contribution in [3.63, 3.8) is 0 Å². The molecule has 154 valence electrons. The zero-order chi connectivity index (χ0) is 19.9. The molecule has 2 aliphatic rings. The summed E-state index contributed by atoms with van der Waals surface area (Å²) in [5.41, 5.74) is 0.467. The first-order chi connectivity index (χ1) is 13.6. The van der Waals surface area contributed by atoms with Gasteiger partial charge in [-0.1, -0.05) is 37.8 Å². The van der Waals surface area contributed by atoms with E-state index in [9.17, 15) is 9.59 Å². The van der Waals surface area contributed by atoms with Crippen LogP contribution in [0, 0.1) is 5.92 Å². The number of nitrogens with one attached hydrogen (secondary N) is 1. The summed E-state index contributed by atoms with van der Waals surface area (Å²) in [6.07, 6.45) is 6.14. The number of likely N-dealkylation sites (tertiary alicyclic amines) is 1.